The zero-order chi connectivity index (χ0) is 28.4. The van der Waals surface area contributed by atoms with Crippen molar-refractivity contribution >= 4 is 11.2 Å². The number of benzene rings is 2. The van der Waals surface area contributed by atoms with Crippen LogP contribution in [0.3, 0.4) is 0 Å². The average Bonchev–Trinajstić information content (AvgIpc) is 3.65. The van der Waals surface area contributed by atoms with Gasteiger partial charge in [-0.15, -0.1) is 0 Å². The number of nitrogens with zero attached hydrogens (tertiary/aromatic N) is 7. The summed E-state index contributed by atoms with van der Waals surface area (Å²) in [4.78, 5) is 16.5. The van der Waals surface area contributed by atoms with Gasteiger partial charge in [-0.05, 0) is 23.3 Å². The summed E-state index contributed by atoms with van der Waals surface area (Å²) in [7, 11) is 0. The summed E-state index contributed by atoms with van der Waals surface area (Å²) in [5.41, 5.74) is 2.74. The number of piperazine rings is 1. The van der Waals surface area contributed by atoms with E-state index in [1.807, 2.05) is 12.1 Å². The van der Waals surface area contributed by atoms with Crippen molar-refractivity contribution in [3.05, 3.63) is 108 Å². The molecule has 0 radical (unpaired) electrons. The van der Waals surface area contributed by atoms with E-state index in [-0.39, 0.29) is 29.6 Å². The number of β-amino-alcohol motifs (C(OH)–C–C–N with tert-alkyl or cyclic N) is 1. The Kier molecular flexibility index (Phi) is 7.57. The molecule has 8 nitrogen and oxygen atoms in total. The van der Waals surface area contributed by atoms with Gasteiger partial charge in [-0.1, -0.05) is 60.7 Å². The van der Waals surface area contributed by atoms with Gasteiger partial charge in [0, 0.05) is 45.1 Å². The molecule has 6 rings (SSSR count). The summed E-state index contributed by atoms with van der Waals surface area (Å²) >= 11 is 0. The Hall–Kier alpha value is -4.06. The van der Waals surface area contributed by atoms with Gasteiger partial charge in [0.25, 0.3) is 0 Å². The Labute approximate surface area is 235 Å². The summed E-state index contributed by atoms with van der Waals surface area (Å²) in [6.07, 6.45) is -0.915. The van der Waals surface area contributed by atoms with Crippen molar-refractivity contribution in [3.8, 4) is 5.82 Å². The summed E-state index contributed by atoms with van der Waals surface area (Å²) in [6, 6.07) is 24.4. The Morgan fingerprint density at radius 2 is 1.39 bits per heavy atom. The lowest BCUT2D eigenvalue weighted by molar-refractivity contribution is -0.144. The van der Waals surface area contributed by atoms with Gasteiger partial charge < -0.3 is 14.2 Å². The molecule has 2 aromatic carbocycles. The number of aliphatic hydroxyl groups excluding tert-OH is 1. The number of alkyl halides is 3. The van der Waals surface area contributed by atoms with Gasteiger partial charge >= 0.3 is 6.18 Å². The number of imidazole rings is 1. The zero-order valence-electron chi connectivity index (χ0n) is 22.3. The molecule has 3 aromatic heterocycles. The maximum Gasteiger partial charge on any atom is 0.451 e. The Bertz CT molecular complexity index is 1530. The van der Waals surface area contributed by atoms with Crippen LogP contribution in [0, 0.1) is 0 Å². The summed E-state index contributed by atoms with van der Waals surface area (Å²) in [6.45, 7) is 3.60. The van der Waals surface area contributed by atoms with Gasteiger partial charge in [0.05, 0.1) is 25.0 Å². The van der Waals surface area contributed by atoms with E-state index in [1.54, 1.807) is 24.5 Å². The van der Waals surface area contributed by atoms with Crippen molar-refractivity contribution in [3.63, 3.8) is 0 Å². The van der Waals surface area contributed by atoms with Crippen molar-refractivity contribution in [1.29, 1.82) is 0 Å². The molecule has 5 aromatic rings. The topological polar surface area (TPSA) is 75.2 Å². The van der Waals surface area contributed by atoms with Crippen molar-refractivity contribution < 1.29 is 18.3 Å². The number of hydrogen-bond donors (Lipinski definition) is 1. The van der Waals surface area contributed by atoms with E-state index >= 15 is 0 Å². The number of hydrogen-bond acceptors (Lipinski definition) is 6. The van der Waals surface area contributed by atoms with Crippen LogP contribution in [0.5, 0.6) is 0 Å². The van der Waals surface area contributed by atoms with Crippen LogP contribution in [0.1, 0.15) is 23.0 Å². The number of rotatable bonds is 8. The standard InChI is InChI=1S/C30H30F3N7O/c31-30(32,33)29-35-27(39-13-7-8-14-39)25-28(36-29)40(21-34-25)20-24(41)19-37-15-17-38(18-16-37)26(22-9-3-1-4-10-22)23-11-5-2-6-12-23/h1-14,21,24,26,41H,15-20H2. The number of fused-ring (bicyclic) bond motifs is 1. The van der Waals surface area contributed by atoms with Crippen molar-refractivity contribution in [1.82, 2.24) is 33.9 Å². The van der Waals surface area contributed by atoms with Gasteiger partial charge in [-0.3, -0.25) is 9.80 Å². The minimum atomic E-state index is -4.72. The fourth-order valence-electron chi connectivity index (χ4n) is 5.52. The molecule has 1 N–H and O–H groups in total. The molecule has 0 bridgehead atoms. The first-order valence-corrected chi connectivity index (χ1v) is 13.5. The van der Waals surface area contributed by atoms with Crippen molar-refractivity contribution in [2.45, 2.75) is 24.9 Å². The Balaban J connectivity index is 1.15. The first-order valence-electron chi connectivity index (χ1n) is 13.5. The van der Waals surface area contributed by atoms with E-state index in [0.29, 0.717) is 6.54 Å². The largest absolute Gasteiger partial charge is 0.451 e. The zero-order valence-corrected chi connectivity index (χ0v) is 22.3. The molecular formula is C30H30F3N7O. The molecule has 0 amide bonds. The highest BCUT2D eigenvalue weighted by molar-refractivity contribution is 5.78. The van der Waals surface area contributed by atoms with E-state index in [9.17, 15) is 18.3 Å². The second kappa shape index (κ2) is 11.4. The SMILES string of the molecule is OC(CN1CCN(C(c2ccccc2)c2ccccc2)CC1)Cn1cnc2c(-n3cccc3)nc(C(F)(F)F)nc21. The highest BCUT2D eigenvalue weighted by Crippen LogP contribution is 2.31. The minimum absolute atomic E-state index is 0.0356. The molecule has 1 aliphatic heterocycles. The van der Waals surface area contributed by atoms with Crippen LogP contribution < -0.4 is 0 Å². The first-order chi connectivity index (χ1) is 19.9. The lowest BCUT2D eigenvalue weighted by Crippen LogP contribution is -2.50. The predicted molar refractivity (Wildman–Crippen MR) is 148 cm³/mol. The third kappa shape index (κ3) is 5.88. The predicted octanol–water partition coefficient (Wildman–Crippen LogP) is 4.40. The highest BCUT2D eigenvalue weighted by atomic mass is 19.4. The molecule has 4 heterocycles. The molecule has 1 atom stereocenters. The summed E-state index contributed by atoms with van der Waals surface area (Å²) in [5, 5.41) is 11.0. The van der Waals surface area contributed by atoms with Crippen LogP contribution in [0.15, 0.2) is 91.5 Å². The summed E-state index contributed by atoms with van der Waals surface area (Å²) in [5.74, 6) is -1.20. The molecule has 41 heavy (non-hydrogen) atoms. The van der Waals surface area contributed by atoms with Gasteiger partial charge in [0.2, 0.25) is 5.82 Å². The van der Waals surface area contributed by atoms with E-state index in [1.165, 1.54) is 26.6 Å². The molecule has 212 valence electrons. The van der Waals surface area contributed by atoms with E-state index in [4.69, 9.17) is 0 Å². The fourth-order valence-corrected chi connectivity index (χ4v) is 5.52. The Morgan fingerprint density at radius 3 is 1.98 bits per heavy atom. The lowest BCUT2D eigenvalue weighted by atomic mass is 9.96. The van der Waals surface area contributed by atoms with Crippen LogP contribution in [-0.4, -0.2) is 77.8 Å². The molecule has 0 spiro atoms. The second-order valence-electron chi connectivity index (χ2n) is 10.2. The van der Waals surface area contributed by atoms with Crippen LogP contribution in [-0.2, 0) is 12.7 Å². The molecule has 11 heteroatoms. The highest BCUT2D eigenvalue weighted by Gasteiger charge is 2.36. The number of aliphatic hydroxyl groups is 1. The smallest absolute Gasteiger partial charge is 0.390 e. The number of aromatic nitrogens is 5. The third-order valence-corrected chi connectivity index (χ3v) is 7.43. The van der Waals surface area contributed by atoms with Crippen molar-refractivity contribution in [2.75, 3.05) is 32.7 Å². The lowest BCUT2D eigenvalue weighted by Gasteiger charge is -2.40. The molecule has 0 saturated carbocycles. The van der Waals surface area contributed by atoms with E-state index in [2.05, 4.69) is 73.3 Å². The number of halogens is 3. The minimum Gasteiger partial charge on any atom is -0.390 e. The van der Waals surface area contributed by atoms with Gasteiger partial charge in [0.1, 0.15) is 0 Å². The normalized spacial score (nSPS) is 16.0. The quantitative estimate of drug-likeness (QED) is 0.303. The molecule has 1 aliphatic rings. The molecule has 1 unspecified atom stereocenters. The molecule has 1 saturated heterocycles. The van der Waals surface area contributed by atoms with Crippen LogP contribution in [0.4, 0.5) is 13.2 Å². The molecule has 0 aliphatic carbocycles. The maximum atomic E-state index is 13.6. The fraction of sp³-hybridized carbons (Fsp3) is 0.300. The molecule has 1 fully saturated rings. The van der Waals surface area contributed by atoms with Crippen LogP contribution >= 0.6 is 0 Å². The van der Waals surface area contributed by atoms with E-state index in [0.717, 1.165) is 26.2 Å². The van der Waals surface area contributed by atoms with Gasteiger partial charge in [-0.25, -0.2) is 15.0 Å². The third-order valence-electron chi connectivity index (χ3n) is 7.43. The summed E-state index contributed by atoms with van der Waals surface area (Å²) < 4.78 is 43.8. The van der Waals surface area contributed by atoms with Crippen LogP contribution in [0.25, 0.3) is 17.0 Å². The molecular weight excluding hydrogens is 531 g/mol. The second-order valence-corrected chi connectivity index (χ2v) is 10.2. The van der Waals surface area contributed by atoms with Gasteiger partial charge in [-0.2, -0.15) is 13.2 Å². The first kappa shape index (κ1) is 27.1. The monoisotopic (exact) mass is 561 g/mol. The van der Waals surface area contributed by atoms with E-state index < -0.39 is 18.1 Å². The van der Waals surface area contributed by atoms with Gasteiger partial charge in [0.15, 0.2) is 17.0 Å². The van der Waals surface area contributed by atoms with Crippen LogP contribution in [0.2, 0.25) is 0 Å². The average molecular weight is 562 g/mol. The maximum absolute atomic E-state index is 13.6. The Morgan fingerprint density at radius 1 is 0.780 bits per heavy atom. The van der Waals surface area contributed by atoms with Crippen molar-refractivity contribution in [2.24, 2.45) is 0 Å².